The number of aliphatic hydroxyl groups is 1. The fraction of sp³-hybridized carbons (Fsp3) is 0.508. The molecule has 6 aromatic rings. The molecule has 4 saturated heterocycles. The number of nitrogens with two attached hydrogens (primary N) is 1. The third-order valence-corrected chi connectivity index (χ3v) is 17.9. The van der Waals surface area contributed by atoms with Crippen LogP contribution in [0.3, 0.4) is 0 Å². The number of nitriles is 1. The predicted octanol–water partition coefficient (Wildman–Crippen LogP) is 7.73. The molecular formula is C59H72ClFN12O6S. The van der Waals surface area contributed by atoms with E-state index in [0.29, 0.717) is 59.7 Å². The van der Waals surface area contributed by atoms with E-state index in [9.17, 15) is 24.8 Å². The number of β-amino-alcohol motifs (C(OH)–C–C–N with tert-alkyl or cyclic N) is 1. The summed E-state index contributed by atoms with van der Waals surface area (Å²) in [7, 11) is 1.87. The number of hydrogen-bond donors (Lipinski definition) is 5. The maximum atomic E-state index is 17.5. The highest BCUT2D eigenvalue weighted by molar-refractivity contribution is 7.13. The molecule has 6 N–H and O–H groups in total. The van der Waals surface area contributed by atoms with Crippen LogP contribution in [0.1, 0.15) is 101 Å². The first-order valence-electron chi connectivity index (χ1n) is 27.8. The van der Waals surface area contributed by atoms with Gasteiger partial charge in [-0.1, -0.05) is 56.6 Å². The van der Waals surface area contributed by atoms with E-state index >= 15 is 4.39 Å². The molecule has 0 radical (unpaired) electrons. The summed E-state index contributed by atoms with van der Waals surface area (Å²) in [6.07, 6.45) is 3.86. The van der Waals surface area contributed by atoms with Crippen molar-refractivity contribution in [1.29, 1.82) is 5.26 Å². The Bertz CT molecular complexity index is 3350. The third kappa shape index (κ3) is 11.5. The first-order valence-corrected chi connectivity index (χ1v) is 29.1. The molecule has 4 fully saturated rings. The number of ether oxygens (including phenoxy) is 2. The van der Waals surface area contributed by atoms with E-state index in [4.69, 9.17) is 36.8 Å². The monoisotopic (exact) mass is 1130 g/mol. The van der Waals surface area contributed by atoms with Gasteiger partial charge in [-0.2, -0.15) is 15.2 Å². The van der Waals surface area contributed by atoms with Crippen molar-refractivity contribution in [3.8, 4) is 33.6 Å². The molecule has 3 amide bonds. The summed E-state index contributed by atoms with van der Waals surface area (Å²) in [6, 6.07) is 13.9. The zero-order chi connectivity index (χ0) is 56.7. The van der Waals surface area contributed by atoms with Gasteiger partial charge in [0.25, 0.3) is 0 Å². The fourth-order valence-corrected chi connectivity index (χ4v) is 13.3. The Hall–Kier alpha value is -6.47. The number of anilines is 2. The van der Waals surface area contributed by atoms with Gasteiger partial charge in [-0.3, -0.25) is 19.3 Å². The van der Waals surface area contributed by atoms with Crippen molar-refractivity contribution < 1.29 is 33.4 Å². The molecule has 4 aliphatic rings. The first kappa shape index (κ1) is 56.8. The number of aromatic nitrogens is 4. The lowest BCUT2D eigenvalue weighted by Crippen LogP contribution is -2.58. The molecule has 2 unspecified atom stereocenters. The van der Waals surface area contributed by atoms with E-state index in [1.165, 1.54) is 4.90 Å². The van der Waals surface area contributed by atoms with E-state index < -0.39 is 35.3 Å². The van der Waals surface area contributed by atoms with Gasteiger partial charge < -0.3 is 50.6 Å². The minimum absolute atomic E-state index is 0.0219. The number of carbonyl (C=O) groups is 3. The second kappa shape index (κ2) is 23.6. The van der Waals surface area contributed by atoms with Crippen molar-refractivity contribution in [2.24, 2.45) is 12.5 Å². The maximum absolute atomic E-state index is 17.5. The number of hydrogen-bond acceptors (Lipinski definition) is 15. The van der Waals surface area contributed by atoms with Gasteiger partial charge >= 0.3 is 6.01 Å². The van der Waals surface area contributed by atoms with Crippen LogP contribution in [-0.2, 0) is 26.2 Å². The van der Waals surface area contributed by atoms with Gasteiger partial charge in [-0.15, -0.1) is 11.3 Å². The number of aryl methyl sites for hydroxylation is 2. The molecular weight excluding hydrogens is 1060 g/mol. The second-order valence-electron chi connectivity index (χ2n) is 23.1. The summed E-state index contributed by atoms with van der Waals surface area (Å²) in [5.74, 6) is -1.22. The van der Waals surface area contributed by atoms with Crippen LogP contribution in [0.15, 0.2) is 48.0 Å². The van der Waals surface area contributed by atoms with Crippen LogP contribution in [-0.4, -0.2) is 141 Å². The van der Waals surface area contributed by atoms with Gasteiger partial charge in [0.2, 0.25) is 17.7 Å². The van der Waals surface area contributed by atoms with Crippen LogP contribution in [0.2, 0.25) is 5.02 Å². The molecule has 0 aliphatic carbocycles. The number of nitrogen functional groups attached to an aromatic ring is 1. The Morgan fingerprint density at radius 1 is 1.04 bits per heavy atom. The smallest absolute Gasteiger partial charge is 0.319 e. The number of nitrogens with one attached hydrogen (secondary N) is 3. The standard InChI is InChI=1S/C59H72ClFN12O6S/c1-32(35-11-13-36(14-12-35)53-33(2)64-31-80-53)65-56(76)46-24-40(74)29-73(46)57(77)54(59(4,5)6)67-47(75)19-23-78-22-9-21-71-20-8-10-39(71)30-79-58-68-52-41(55(69-58)72-27-37-15-16-38(28-72)66-37)25-43(60)50(51(52)61)48-34(3)70(7)45-18-17-44(63)42(26-62)49(45)48/h11-14,17-18,25,31-32,37-40,46,54,66,74H,8-10,15-16,19-24,27-30,63H2,1-7H3,(H,65,76)(H,67,75)/t32-,37?,38?,39-,40+,46-,54+/m0/s1. The number of nitrogens with zero attached hydrogens (tertiary/aromatic N) is 8. The molecule has 21 heteroatoms. The van der Waals surface area contributed by atoms with Gasteiger partial charge in [-0.25, -0.2) is 9.37 Å². The van der Waals surface area contributed by atoms with E-state index in [1.807, 2.05) is 89.0 Å². The molecule has 80 heavy (non-hydrogen) atoms. The molecule has 4 aliphatic heterocycles. The lowest BCUT2D eigenvalue weighted by Gasteiger charge is -2.35. The summed E-state index contributed by atoms with van der Waals surface area (Å²) >= 11 is 8.67. The normalized spacial score (nSPS) is 21.1. The third-order valence-electron chi connectivity index (χ3n) is 16.6. The highest BCUT2D eigenvalue weighted by Crippen LogP contribution is 2.45. The second-order valence-corrected chi connectivity index (χ2v) is 24.4. The molecule has 3 aromatic heterocycles. The maximum Gasteiger partial charge on any atom is 0.319 e. The molecule has 7 atom stereocenters. The topological polar surface area (TPSA) is 229 Å². The number of halogens is 2. The van der Waals surface area contributed by atoms with Crippen molar-refractivity contribution in [3.63, 3.8) is 0 Å². The van der Waals surface area contributed by atoms with Gasteiger partial charge in [0, 0.05) is 98.4 Å². The highest BCUT2D eigenvalue weighted by atomic mass is 35.5. The molecule has 0 spiro atoms. The first-order chi connectivity index (χ1) is 38.3. The van der Waals surface area contributed by atoms with Crippen molar-refractivity contribution in [1.82, 2.24) is 45.3 Å². The molecule has 424 valence electrons. The van der Waals surface area contributed by atoms with Crippen molar-refractivity contribution >= 4 is 74.0 Å². The Labute approximate surface area is 475 Å². The number of thiazole rings is 1. The van der Waals surface area contributed by atoms with Gasteiger partial charge in [0.05, 0.1) is 56.6 Å². The van der Waals surface area contributed by atoms with Gasteiger partial charge in [0.1, 0.15) is 36.1 Å². The van der Waals surface area contributed by atoms with Gasteiger partial charge in [0.15, 0.2) is 5.82 Å². The Morgan fingerprint density at radius 3 is 2.49 bits per heavy atom. The number of amides is 3. The van der Waals surface area contributed by atoms with Crippen molar-refractivity contribution in [2.45, 2.75) is 129 Å². The summed E-state index contributed by atoms with van der Waals surface area (Å²) in [4.78, 5) is 62.6. The highest BCUT2D eigenvalue weighted by Gasteiger charge is 2.45. The van der Waals surface area contributed by atoms with Crippen LogP contribution in [0.25, 0.3) is 43.4 Å². The molecule has 2 bridgehead atoms. The molecule has 3 aromatic carbocycles. The molecule has 18 nitrogen and oxygen atoms in total. The summed E-state index contributed by atoms with van der Waals surface area (Å²) in [6.45, 7) is 15.1. The number of likely N-dealkylation sites (tertiary alicyclic amines) is 2. The quantitative estimate of drug-likeness (QED) is 0.0410. The van der Waals surface area contributed by atoms with Crippen LogP contribution >= 0.6 is 22.9 Å². The molecule has 10 rings (SSSR count). The number of benzene rings is 3. The van der Waals surface area contributed by atoms with Crippen molar-refractivity contribution in [3.05, 3.63) is 81.3 Å². The summed E-state index contributed by atoms with van der Waals surface area (Å²) < 4.78 is 31.9. The van der Waals surface area contributed by atoms with Crippen LogP contribution in [0.5, 0.6) is 6.01 Å². The summed E-state index contributed by atoms with van der Waals surface area (Å²) in [5, 5.41) is 31.8. The number of fused-ring (bicyclic) bond motifs is 4. The SMILES string of the molecule is Cc1ncsc1-c1ccc([C@H](C)NC(=O)[C@@H]2C[C@@H](O)CN2C(=O)[C@@H](NC(=O)CCOCCCN2CCC[C@H]2COc2nc(N3CC4CCC(C3)N4)c3cc(Cl)c(-c4c(C)n(C)c5ccc(N)c(C#N)c45)c(F)c3n2)C(C)(C)C)cc1. The summed E-state index contributed by atoms with van der Waals surface area (Å²) in [5.41, 5.74) is 13.0. The van der Waals surface area contributed by atoms with E-state index in [2.05, 4.69) is 36.8 Å². The average Bonchev–Trinajstić information content (AvgIpc) is 4.35. The zero-order valence-electron chi connectivity index (χ0n) is 46.6. The van der Waals surface area contributed by atoms with E-state index in [-0.39, 0.29) is 96.3 Å². The molecule has 7 heterocycles. The van der Waals surface area contributed by atoms with Crippen LogP contribution in [0.4, 0.5) is 15.9 Å². The largest absolute Gasteiger partial charge is 0.462 e. The van der Waals surface area contributed by atoms with E-state index in [0.717, 1.165) is 66.0 Å². The number of piperazine rings is 1. The minimum atomic E-state index is -0.956. The predicted molar refractivity (Wildman–Crippen MR) is 309 cm³/mol. The van der Waals surface area contributed by atoms with Crippen LogP contribution < -0.4 is 31.3 Å². The Kier molecular flexibility index (Phi) is 16.7. The number of carbonyl (C=O) groups excluding carboxylic acids is 3. The lowest BCUT2D eigenvalue weighted by atomic mass is 9.85. The zero-order valence-corrected chi connectivity index (χ0v) is 48.1. The van der Waals surface area contributed by atoms with Crippen molar-refractivity contribution in [2.75, 3.05) is 63.2 Å². The number of rotatable bonds is 18. The average molecular weight is 1130 g/mol. The Balaban J connectivity index is 0.743. The number of aliphatic hydroxyl groups excluding tert-OH is 1. The van der Waals surface area contributed by atoms with Gasteiger partial charge in [-0.05, 0) is 94.2 Å². The fourth-order valence-electron chi connectivity index (χ4n) is 12.2. The molecule has 0 saturated carbocycles. The lowest BCUT2D eigenvalue weighted by molar-refractivity contribution is -0.144. The van der Waals surface area contributed by atoms with E-state index in [1.54, 1.807) is 23.5 Å². The van der Waals surface area contributed by atoms with Crippen LogP contribution in [0, 0.1) is 36.4 Å². The Morgan fingerprint density at radius 2 is 1.79 bits per heavy atom. The minimum Gasteiger partial charge on any atom is -0.462 e.